The van der Waals surface area contributed by atoms with Gasteiger partial charge in [0.1, 0.15) is 22.1 Å². The van der Waals surface area contributed by atoms with E-state index in [1.807, 2.05) is 32.0 Å². The van der Waals surface area contributed by atoms with Crippen molar-refractivity contribution in [2.24, 2.45) is 5.73 Å². The minimum atomic E-state index is -0.933. The lowest BCUT2D eigenvalue weighted by Gasteiger charge is -2.25. The highest BCUT2D eigenvalue weighted by molar-refractivity contribution is 7.22. The van der Waals surface area contributed by atoms with E-state index in [1.165, 1.54) is 0 Å². The van der Waals surface area contributed by atoms with Gasteiger partial charge in [-0.1, -0.05) is 6.07 Å². The molecule has 1 amide bonds. The molecule has 2 N–H and O–H groups in total. The topological polar surface area (TPSA) is 133 Å². The van der Waals surface area contributed by atoms with Crippen LogP contribution in [0.5, 0.6) is 17.4 Å². The van der Waals surface area contributed by atoms with Crippen molar-refractivity contribution in [1.29, 1.82) is 5.26 Å². The predicted octanol–water partition coefficient (Wildman–Crippen LogP) is 5.49. The molecule has 0 saturated heterocycles. The second-order valence-electron chi connectivity index (χ2n) is 9.72. The Morgan fingerprint density at radius 1 is 1.23 bits per heavy atom. The Morgan fingerprint density at radius 2 is 2.08 bits per heavy atom. The minimum Gasteiger partial charge on any atom is -0.487 e. The quantitative estimate of drug-likeness (QED) is 0.311. The lowest BCUT2D eigenvalue weighted by atomic mass is 9.89. The number of hydrogen-bond acceptors (Lipinski definition) is 9. The van der Waals surface area contributed by atoms with Gasteiger partial charge in [0.15, 0.2) is 0 Å². The predicted molar refractivity (Wildman–Crippen MR) is 147 cm³/mol. The van der Waals surface area contributed by atoms with Crippen molar-refractivity contribution in [3.63, 3.8) is 0 Å². The number of nitrogens with two attached hydrogens (primary N) is 1. The molecule has 0 bridgehead atoms. The molecule has 0 aliphatic carbocycles. The first-order chi connectivity index (χ1) is 18.8. The Bertz CT molecular complexity index is 1840. The van der Waals surface area contributed by atoms with Gasteiger partial charge in [-0.2, -0.15) is 5.26 Å². The number of nitrogens with zero attached hydrogens (tertiary/aromatic N) is 4. The lowest BCUT2D eigenvalue weighted by molar-refractivity contribution is 0.115. The number of carbonyl (C=O) groups excluding carboxylic acids is 1. The molecule has 194 valence electrons. The zero-order valence-electron chi connectivity index (χ0n) is 21.4. The molecule has 0 fully saturated rings. The summed E-state index contributed by atoms with van der Waals surface area (Å²) < 4.78 is 18.0. The SMILES string of the molecule is COc1cnc2c(-c3nc4ccc5c(c4s3)C[C@@](C)(Cc3c(C#N)cccc3OC(N)=O)O5)cc(C)cc2n1. The number of primary amides is 1. The zero-order valence-corrected chi connectivity index (χ0v) is 22.3. The smallest absolute Gasteiger partial charge is 0.409 e. The number of rotatable bonds is 5. The second kappa shape index (κ2) is 9.22. The van der Waals surface area contributed by atoms with Gasteiger partial charge in [-0.15, -0.1) is 11.3 Å². The van der Waals surface area contributed by atoms with E-state index >= 15 is 0 Å². The lowest BCUT2D eigenvalue weighted by Crippen LogP contribution is -2.33. The number of thiazole rings is 1. The van der Waals surface area contributed by atoms with Crippen LogP contribution in [0.25, 0.3) is 31.8 Å². The Kier molecular flexibility index (Phi) is 5.81. The van der Waals surface area contributed by atoms with Gasteiger partial charge in [0.05, 0.1) is 46.2 Å². The summed E-state index contributed by atoms with van der Waals surface area (Å²) in [6.07, 6.45) is 1.61. The van der Waals surface area contributed by atoms with Crippen molar-refractivity contribution in [3.05, 3.63) is 70.9 Å². The van der Waals surface area contributed by atoms with E-state index in [0.717, 1.165) is 48.7 Å². The molecule has 0 radical (unpaired) electrons. The highest BCUT2D eigenvalue weighted by Crippen LogP contribution is 2.45. The molecule has 0 unspecified atom stereocenters. The molecule has 39 heavy (non-hydrogen) atoms. The van der Waals surface area contributed by atoms with Crippen LogP contribution in [-0.2, 0) is 12.8 Å². The van der Waals surface area contributed by atoms with Gasteiger partial charge in [0.2, 0.25) is 5.88 Å². The van der Waals surface area contributed by atoms with Crippen molar-refractivity contribution in [1.82, 2.24) is 15.0 Å². The molecule has 9 nitrogen and oxygen atoms in total. The number of carbonyl (C=O) groups is 1. The molecule has 1 aliphatic heterocycles. The number of benzene rings is 3. The number of methoxy groups -OCH3 is 1. The van der Waals surface area contributed by atoms with Crippen LogP contribution in [0.3, 0.4) is 0 Å². The maximum Gasteiger partial charge on any atom is 0.409 e. The van der Waals surface area contributed by atoms with Crippen LogP contribution < -0.4 is 19.9 Å². The van der Waals surface area contributed by atoms with Crippen LogP contribution in [-0.4, -0.2) is 33.8 Å². The fourth-order valence-electron chi connectivity index (χ4n) is 5.12. The number of aryl methyl sites for hydroxylation is 1. The number of nitriles is 1. The van der Waals surface area contributed by atoms with Crippen molar-refractivity contribution < 1.29 is 19.0 Å². The summed E-state index contributed by atoms with van der Waals surface area (Å²) in [7, 11) is 1.57. The van der Waals surface area contributed by atoms with Gasteiger partial charge in [-0.3, -0.25) is 0 Å². The third kappa shape index (κ3) is 4.36. The highest BCUT2D eigenvalue weighted by atomic mass is 32.1. The van der Waals surface area contributed by atoms with E-state index in [9.17, 15) is 10.1 Å². The largest absolute Gasteiger partial charge is 0.487 e. The summed E-state index contributed by atoms with van der Waals surface area (Å²) in [5.74, 6) is 1.49. The van der Waals surface area contributed by atoms with Gasteiger partial charge in [0, 0.05) is 29.5 Å². The number of hydrogen-bond donors (Lipinski definition) is 1. The normalized spacial score (nSPS) is 16.1. The Hall–Kier alpha value is -4.75. The Balaban J connectivity index is 1.40. The fraction of sp³-hybridized carbons (Fsp3) is 0.207. The van der Waals surface area contributed by atoms with Crippen LogP contribution in [0.1, 0.15) is 29.2 Å². The molecular formula is C29H23N5O4S. The van der Waals surface area contributed by atoms with Crippen LogP contribution >= 0.6 is 11.3 Å². The maximum absolute atomic E-state index is 11.5. The Morgan fingerprint density at radius 3 is 2.85 bits per heavy atom. The van der Waals surface area contributed by atoms with Gasteiger partial charge < -0.3 is 19.9 Å². The minimum absolute atomic E-state index is 0.261. The number of fused-ring (bicyclic) bond motifs is 4. The summed E-state index contributed by atoms with van der Waals surface area (Å²) in [5.41, 5.74) is 11.0. The van der Waals surface area contributed by atoms with Crippen LogP contribution in [0, 0.1) is 18.3 Å². The standard InChI is InChI=1S/C29H23N5O4S/c1-15-9-17(25-21(10-15)33-24(36-3)14-32-25)27-34-20-7-8-23-19(26(20)39-27)12-29(2,38-23)11-18-16(13-30)5-4-6-22(18)37-28(31)35/h4-10,14H,11-12H2,1-3H3,(H2,31,35)/t29-/m1/s1. The third-order valence-corrected chi connectivity index (χ3v) is 7.91. The number of aromatic nitrogens is 3. The van der Waals surface area contributed by atoms with Gasteiger partial charge in [-0.05, 0) is 55.8 Å². The van der Waals surface area contributed by atoms with Gasteiger partial charge in [0.25, 0.3) is 0 Å². The van der Waals surface area contributed by atoms with Gasteiger partial charge >= 0.3 is 6.09 Å². The zero-order chi connectivity index (χ0) is 27.3. The molecule has 5 aromatic rings. The Labute approximate surface area is 227 Å². The van der Waals surface area contributed by atoms with E-state index in [1.54, 1.807) is 42.8 Å². The molecule has 1 atom stereocenters. The van der Waals surface area contributed by atoms with Crippen LogP contribution in [0.2, 0.25) is 0 Å². The van der Waals surface area contributed by atoms with Gasteiger partial charge in [-0.25, -0.2) is 19.7 Å². The van der Waals surface area contributed by atoms with Crippen molar-refractivity contribution in [3.8, 4) is 34.0 Å². The maximum atomic E-state index is 11.5. The summed E-state index contributed by atoms with van der Waals surface area (Å²) >= 11 is 1.59. The summed E-state index contributed by atoms with van der Waals surface area (Å²) in [5, 5.41) is 10.5. The average molecular weight is 538 g/mol. The van der Waals surface area contributed by atoms with E-state index in [-0.39, 0.29) is 5.75 Å². The van der Waals surface area contributed by atoms with Crippen LogP contribution in [0.4, 0.5) is 4.79 Å². The van der Waals surface area contributed by atoms with Crippen molar-refractivity contribution in [2.45, 2.75) is 32.3 Å². The summed E-state index contributed by atoms with van der Waals surface area (Å²) in [6.45, 7) is 4.00. The molecule has 2 aromatic heterocycles. The highest BCUT2D eigenvalue weighted by Gasteiger charge is 2.38. The number of ether oxygens (including phenoxy) is 3. The molecule has 6 rings (SSSR count). The molecule has 3 heterocycles. The van der Waals surface area contributed by atoms with E-state index in [2.05, 4.69) is 22.1 Å². The van der Waals surface area contributed by atoms with Crippen molar-refractivity contribution in [2.75, 3.05) is 7.11 Å². The molecule has 10 heteroatoms. The first-order valence-electron chi connectivity index (χ1n) is 12.2. The van der Waals surface area contributed by atoms with Crippen molar-refractivity contribution >= 4 is 38.7 Å². The fourth-order valence-corrected chi connectivity index (χ4v) is 6.24. The first-order valence-corrected chi connectivity index (χ1v) is 13.0. The molecule has 1 aliphatic rings. The van der Waals surface area contributed by atoms with E-state index in [4.69, 9.17) is 24.9 Å². The summed E-state index contributed by atoms with van der Waals surface area (Å²) in [6, 6.07) is 15.1. The monoisotopic (exact) mass is 537 g/mol. The first kappa shape index (κ1) is 24.6. The molecule has 0 spiro atoms. The number of amides is 1. The average Bonchev–Trinajstić information content (AvgIpc) is 3.49. The molecule has 3 aromatic carbocycles. The van der Waals surface area contributed by atoms with E-state index in [0.29, 0.717) is 29.8 Å². The van der Waals surface area contributed by atoms with Crippen LogP contribution in [0.15, 0.2) is 48.7 Å². The third-order valence-electron chi connectivity index (χ3n) is 6.75. The molecular weight excluding hydrogens is 514 g/mol. The van der Waals surface area contributed by atoms with E-state index < -0.39 is 11.7 Å². The second-order valence-corrected chi connectivity index (χ2v) is 10.7. The summed E-state index contributed by atoms with van der Waals surface area (Å²) in [4.78, 5) is 25.6. The molecule has 0 saturated carbocycles.